The third-order valence-corrected chi connectivity index (χ3v) is 5.51. The zero-order chi connectivity index (χ0) is 19.3. The number of aromatic amines is 1. The lowest BCUT2D eigenvalue weighted by molar-refractivity contribution is 0.102. The molecule has 2 aromatic carbocycles. The van der Waals surface area contributed by atoms with Crippen LogP contribution in [-0.4, -0.2) is 30.8 Å². The second-order valence-corrected chi connectivity index (χ2v) is 7.81. The molecule has 27 heavy (non-hydrogen) atoms. The number of amides is 1. The number of hydrogen-bond acceptors (Lipinski definition) is 4. The highest BCUT2D eigenvalue weighted by atomic mass is 35.5. The average Bonchev–Trinajstić information content (AvgIpc) is 3.16. The minimum absolute atomic E-state index is 0.00763. The first kappa shape index (κ1) is 19.1. The molecule has 140 valence electrons. The Morgan fingerprint density at radius 3 is 2.56 bits per heavy atom. The van der Waals surface area contributed by atoms with Crippen LogP contribution < -0.4 is 10.0 Å². The normalized spacial score (nSPS) is 11.3. The van der Waals surface area contributed by atoms with Crippen molar-refractivity contribution >= 4 is 33.2 Å². The Labute approximate surface area is 161 Å². The van der Waals surface area contributed by atoms with Crippen molar-refractivity contribution in [3.63, 3.8) is 0 Å². The highest BCUT2D eigenvalue weighted by Gasteiger charge is 2.19. The van der Waals surface area contributed by atoms with E-state index >= 15 is 0 Å². The summed E-state index contributed by atoms with van der Waals surface area (Å²) in [5.74, 6) is 0.256. The molecule has 0 saturated carbocycles. The summed E-state index contributed by atoms with van der Waals surface area (Å²) in [6.45, 7) is 0.176. The Kier molecular flexibility index (Phi) is 5.90. The fourth-order valence-electron chi connectivity index (χ4n) is 2.42. The lowest BCUT2D eigenvalue weighted by Gasteiger charge is -2.12. The number of carbonyl (C=O) groups is 1. The van der Waals surface area contributed by atoms with Gasteiger partial charge in [0.1, 0.15) is 10.7 Å². The van der Waals surface area contributed by atoms with Gasteiger partial charge in [-0.25, -0.2) is 18.1 Å². The molecule has 3 aromatic rings. The van der Waals surface area contributed by atoms with Crippen LogP contribution >= 0.6 is 11.6 Å². The molecule has 0 radical (unpaired) electrons. The Balaban J connectivity index is 1.74. The highest BCUT2D eigenvalue weighted by molar-refractivity contribution is 7.89. The molecule has 0 aliphatic carbocycles. The molecule has 1 aromatic heterocycles. The van der Waals surface area contributed by atoms with Gasteiger partial charge in [-0.05, 0) is 36.4 Å². The van der Waals surface area contributed by atoms with E-state index in [1.165, 1.54) is 12.1 Å². The van der Waals surface area contributed by atoms with Crippen molar-refractivity contribution in [3.05, 3.63) is 77.3 Å². The number of halogens is 1. The fraction of sp³-hybridized carbons (Fsp3) is 0.111. The molecule has 0 spiro atoms. The van der Waals surface area contributed by atoms with Crippen LogP contribution in [0.3, 0.4) is 0 Å². The minimum Gasteiger partial charge on any atom is -0.349 e. The van der Waals surface area contributed by atoms with Crippen molar-refractivity contribution in [1.29, 1.82) is 0 Å². The molecular weight excluding hydrogens is 388 g/mol. The van der Waals surface area contributed by atoms with E-state index < -0.39 is 15.9 Å². The quantitative estimate of drug-likeness (QED) is 0.563. The first-order chi connectivity index (χ1) is 13.0. The van der Waals surface area contributed by atoms with Crippen LogP contribution in [0.2, 0.25) is 5.02 Å². The maximum absolute atomic E-state index is 12.6. The van der Waals surface area contributed by atoms with Gasteiger partial charge in [0.2, 0.25) is 10.0 Å². The van der Waals surface area contributed by atoms with Crippen molar-refractivity contribution in [3.8, 4) is 0 Å². The number of anilines is 1. The maximum Gasteiger partial charge on any atom is 0.255 e. The summed E-state index contributed by atoms with van der Waals surface area (Å²) in [6.07, 6.45) is 3.70. The summed E-state index contributed by atoms with van der Waals surface area (Å²) >= 11 is 5.82. The molecular formula is C18H17ClN4O3S. The van der Waals surface area contributed by atoms with Crippen LogP contribution in [0.25, 0.3) is 0 Å². The first-order valence-corrected chi connectivity index (χ1v) is 9.96. The standard InChI is InChI=1S/C18H17ClN4O3S/c19-14-7-5-13(6-8-14)18(24)23-15-3-1-2-4-16(15)27(25,26)22-10-9-17-20-11-12-21-17/h1-8,11-12,22H,9-10H2,(H,20,21)(H,23,24). The number of sulfonamides is 1. The molecule has 1 amide bonds. The van der Waals surface area contributed by atoms with Gasteiger partial charge in [0, 0.05) is 35.9 Å². The van der Waals surface area contributed by atoms with Crippen LogP contribution in [-0.2, 0) is 16.4 Å². The molecule has 0 saturated heterocycles. The third-order valence-electron chi connectivity index (χ3n) is 3.74. The lowest BCUT2D eigenvalue weighted by Crippen LogP contribution is -2.27. The number of nitrogens with one attached hydrogen (secondary N) is 3. The van der Waals surface area contributed by atoms with Crippen LogP contribution in [0.15, 0.2) is 65.8 Å². The molecule has 0 unspecified atom stereocenters. The SMILES string of the molecule is O=C(Nc1ccccc1S(=O)(=O)NCCc1ncc[nH]1)c1ccc(Cl)cc1. The van der Waals surface area contributed by atoms with Gasteiger partial charge in [0.25, 0.3) is 5.91 Å². The number of benzene rings is 2. The highest BCUT2D eigenvalue weighted by Crippen LogP contribution is 2.21. The zero-order valence-corrected chi connectivity index (χ0v) is 15.7. The Bertz CT molecular complexity index is 1020. The monoisotopic (exact) mass is 404 g/mol. The van der Waals surface area contributed by atoms with Gasteiger partial charge in [-0.3, -0.25) is 4.79 Å². The van der Waals surface area contributed by atoms with Crippen molar-refractivity contribution in [2.75, 3.05) is 11.9 Å². The van der Waals surface area contributed by atoms with E-state index in [1.807, 2.05) is 0 Å². The summed E-state index contributed by atoms with van der Waals surface area (Å²) < 4.78 is 27.8. The molecule has 0 atom stereocenters. The second kappa shape index (κ2) is 8.34. The third kappa shape index (κ3) is 4.94. The molecule has 0 aliphatic rings. The van der Waals surface area contributed by atoms with Crippen molar-refractivity contribution in [2.45, 2.75) is 11.3 Å². The Morgan fingerprint density at radius 2 is 1.85 bits per heavy atom. The predicted octanol–water partition coefficient (Wildman–Crippen LogP) is 2.84. The van der Waals surface area contributed by atoms with E-state index in [4.69, 9.17) is 11.6 Å². The van der Waals surface area contributed by atoms with Crippen LogP contribution in [0, 0.1) is 0 Å². The van der Waals surface area contributed by atoms with Gasteiger partial charge < -0.3 is 10.3 Å². The smallest absolute Gasteiger partial charge is 0.255 e. The van der Waals surface area contributed by atoms with Crippen LogP contribution in [0.4, 0.5) is 5.69 Å². The fourth-order valence-corrected chi connectivity index (χ4v) is 3.73. The molecule has 3 N–H and O–H groups in total. The topological polar surface area (TPSA) is 104 Å². The minimum atomic E-state index is -3.81. The predicted molar refractivity (Wildman–Crippen MR) is 103 cm³/mol. The second-order valence-electron chi connectivity index (χ2n) is 5.64. The number of H-pyrrole nitrogens is 1. The van der Waals surface area contributed by atoms with Gasteiger partial charge in [0.05, 0.1) is 5.69 Å². The summed E-state index contributed by atoms with van der Waals surface area (Å²) in [5.41, 5.74) is 0.570. The van der Waals surface area contributed by atoms with Gasteiger partial charge in [-0.1, -0.05) is 23.7 Å². The number of aromatic nitrogens is 2. The van der Waals surface area contributed by atoms with Crippen LogP contribution in [0.1, 0.15) is 16.2 Å². The van der Waals surface area contributed by atoms with E-state index in [1.54, 1.807) is 48.8 Å². The van der Waals surface area contributed by atoms with E-state index in [0.29, 0.717) is 22.8 Å². The lowest BCUT2D eigenvalue weighted by atomic mass is 10.2. The van der Waals surface area contributed by atoms with E-state index in [9.17, 15) is 13.2 Å². The summed E-state index contributed by atoms with van der Waals surface area (Å²) in [5, 5.41) is 3.15. The van der Waals surface area contributed by atoms with E-state index in [2.05, 4.69) is 20.0 Å². The zero-order valence-electron chi connectivity index (χ0n) is 14.1. The van der Waals surface area contributed by atoms with Gasteiger partial charge in [-0.2, -0.15) is 0 Å². The summed E-state index contributed by atoms with van der Waals surface area (Å²) in [7, 11) is -3.81. The van der Waals surface area contributed by atoms with Gasteiger partial charge in [-0.15, -0.1) is 0 Å². The summed E-state index contributed by atoms with van der Waals surface area (Å²) in [4.78, 5) is 19.3. The molecule has 9 heteroatoms. The molecule has 0 bridgehead atoms. The van der Waals surface area contributed by atoms with Gasteiger partial charge in [0.15, 0.2) is 0 Å². The summed E-state index contributed by atoms with van der Waals surface area (Å²) in [6, 6.07) is 12.5. The Morgan fingerprint density at radius 1 is 1.11 bits per heavy atom. The first-order valence-electron chi connectivity index (χ1n) is 8.09. The molecule has 0 aliphatic heterocycles. The van der Waals surface area contributed by atoms with E-state index in [0.717, 1.165) is 0 Å². The number of para-hydroxylation sites is 1. The number of carbonyl (C=O) groups excluding carboxylic acids is 1. The average molecular weight is 405 g/mol. The molecule has 3 rings (SSSR count). The van der Waals surface area contributed by atoms with Gasteiger partial charge >= 0.3 is 0 Å². The Hall–Kier alpha value is -2.68. The van der Waals surface area contributed by atoms with Crippen molar-refractivity contribution in [1.82, 2.24) is 14.7 Å². The molecule has 7 nitrogen and oxygen atoms in total. The molecule has 0 fully saturated rings. The van der Waals surface area contributed by atoms with Crippen molar-refractivity contribution < 1.29 is 13.2 Å². The number of hydrogen-bond donors (Lipinski definition) is 3. The largest absolute Gasteiger partial charge is 0.349 e. The number of nitrogens with zero attached hydrogens (tertiary/aromatic N) is 1. The number of imidazole rings is 1. The maximum atomic E-state index is 12.6. The molecule has 1 heterocycles. The van der Waals surface area contributed by atoms with E-state index in [-0.39, 0.29) is 17.1 Å². The van der Waals surface area contributed by atoms with Crippen LogP contribution in [0.5, 0.6) is 0 Å². The number of rotatable bonds is 7. The van der Waals surface area contributed by atoms with Crippen molar-refractivity contribution in [2.24, 2.45) is 0 Å².